The first-order chi connectivity index (χ1) is 7.42. The van der Waals surface area contributed by atoms with Gasteiger partial charge in [-0.2, -0.15) is 0 Å². The summed E-state index contributed by atoms with van der Waals surface area (Å²) in [5.74, 6) is 1.70. The molecule has 0 radical (unpaired) electrons. The maximum atomic E-state index is 5.39. The van der Waals surface area contributed by atoms with E-state index in [-0.39, 0.29) is 0 Å². The number of ether oxygens (including phenoxy) is 1. The Bertz CT molecular complexity index is 326. The summed E-state index contributed by atoms with van der Waals surface area (Å²) in [5.41, 5.74) is 0. The van der Waals surface area contributed by atoms with E-state index in [0.29, 0.717) is 12.0 Å². The third kappa shape index (κ3) is 2.15. The van der Waals surface area contributed by atoms with E-state index in [1.54, 1.807) is 0 Å². The predicted molar refractivity (Wildman–Crippen MR) is 57.8 cm³/mol. The van der Waals surface area contributed by atoms with Crippen molar-refractivity contribution in [2.75, 3.05) is 18.5 Å². The number of nitrogens with one attached hydrogen (secondary N) is 1. The van der Waals surface area contributed by atoms with Gasteiger partial charge in [0.1, 0.15) is 0 Å². The highest BCUT2D eigenvalue weighted by atomic mass is 16.5. The average molecular weight is 207 g/mol. The molecule has 1 atom stereocenters. The van der Waals surface area contributed by atoms with Crippen molar-refractivity contribution in [1.29, 1.82) is 0 Å². The lowest BCUT2D eigenvalue weighted by molar-refractivity contribution is 0.182. The Hall–Kier alpha value is -1.03. The zero-order chi connectivity index (χ0) is 10.1. The van der Waals surface area contributed by atoms with E-state index in [0.717, 1.165) is 25.7 Å². The minimum Gasteiger partial charge on any atom is -0.381 e. The Balaban J connectivity index is 1.64. The van der Waals surface area contributed by atoms with Gasteiger partial charge in [0.05, 0.1) is 6.61 Å². The molecule has 2 heterocycles. The highest BCUT2D eigenvalue weighted by Gasteiger charge is 2.23. The summed E-state index contributed by atoms with van der Waals surface area (Å²) >= 11 is 0. The van der Waals surface area contributed by atoms with Crippen molar-refractivity contribution in [3.05, 3.63) is 12.4 Å². The molecule has 1 saturated heterocycles. The maximum absolute atomic E-state index is 5.39. The molecule has 0 spiro atoms. The predicted octanol–water partition coefficient (Wildman–Crippen LogP) is 1.49. The first-order valence-corrected chi connectivity index (χ1v) is 5.77. The van der Waals surface area contributed by atoms with Crippen LogP contribution in [0.4, 0.5) is 5.95 Å². The molecule has 4 nitrogen and oxygen atoms in total. The fourth-order valence-corrected chi connectivity index (χ4v) is 2.01. The van der Waals surface area contributed by atoms with Gasteiger partial charge >= 0.3 is 0 Å². The molecule has 1 aromatic rings. The summed E-state index contributed by atoms with van der Waals surface area (Å²) in [6.07, 6.45) is 7.70. The van der Waals surface area contributed by atoms with Gasteiger partial charge in [-0.25, -0.2) is 4.98 Å². The molecule has 0 bridgehead atoms. The van der Waals surface area contributed by atoms with Crippen LogP contribution in [0.15, 0.2) is 12.4 Å². The molecule has 3 rings (SSSR count). The van der Waals surface area contributed by atoms with E-state index in [1.165, 1.54) is 19.3 Å². The molecule has 1 aliphatic heterocycles. The first kappa shape index (κ1) is 9.21. The van der Waals surface area contributed by atoms with E-state index >= 15 is 0 Å². The van der Waals surface area contributed by atoms with Crippen molar-refractivity contribution >= 4 is 5.95 Å². The van der Waals surface area contributed by atoms with E-state index in [2.05, 4.69) is 21.1 Å². The van der Waals surface area contributed by atoms with E-state index < -0.39 is 0 Å². The van der Waals surface area contributed by atoms with Gasteiger partial charge in [0.25, 0.3) is 0 Å². The van der Waals surface area contributed by atoms with Crippen LogP contribution in [0.1, 0.15) is 19.3 Å². The Labute approximate surface area is 89.6 Å². The molecule has 4 heteroatoms. The molecular formula is C11H17N3O. The number of anilines is 1. The van der Waals surface area contributed by atoms with Gasteiger partial charge < -0.3 is 14.6 Å². The largest absolute Gasteiger partial charge is 0.381 e. The van der Waals surface area contributed by atoms with Gasteiger partial charge in [-0.05, 0) is 19.3 Å². The molecule has 1 unspecified atom stereocenters. The van der Waals surface area contributed by atoms with Crippen LogP contribution in [0.2, 0.25) is 0 Å². The van der Waals surface area contributed by atoms with Crippen LogP contribution in [0.3, 0.4) is 0 Å². The van der Waals surface area contributed by atoms with Gasteiger partial charge in [0.2, 0.25) is 5.95 Å². The molecule has 15 heavy (non-hydrogen) atoms. The smallest absolute Gasteiger partial charge is 0.202 e. The summed E-state index contributed by atoms with van der Waals surface area (Å²) in [6, 6.07) is 0.672. The number of imidazole rings is 1. The van der Waals surface area contributed by atoms with Crippen molar-refractivity contribution < 1.29 is 4.74 Å². The molecule has 1 aromatic heterocycles. The summed E-state index contributed by atoms with van der Waals surface area (Å²) in [5, 5.41) is 3.45. The van der Waals surface area contributed by atoms with E-state index in [1.807, 2.05) is 6.20 Å². The quantitative estimate of drug-likeness (QED) is 0.813. The van der Waals surface area contributed by atoms with Gasteiger partial charge in [-0.3, -0.25) is 0 Å². The number of rotatable bonds is 4. The van der Waals surface area contributed by atoms with E-state index in [4.69, 9.17) is 4.74 Å². The molecule has 1 saturated carbocycles. The standard InChI is InChI=1S/C11H17N3O/c1-2-10(1)13-11-12-4-5-14(11)7-9-3-6-15-8-9/h4-5,9-10H,1-3,6-8H2,(H,12,13). The Morgan fingerprint density at radius 2 is 2.40 bits per heavy atom. The Kier molecular flexibility index (Phi) is 2.37. The third-order valence-corrected chi connectivity index (χ3v) is 3.10. The van der Waals surface area contributed by atoms with Gasteiger partial charge in [-0.15, -0.1) is 0 Å². The molecule has 0 aromatic carbocycles. The zero-order valence-corrected chi connectivity index (χ0v) is 8.85. The summed E-state index contributed by atoms with van der Waals surface area (Å²) < 4.78 is 7.60. The molecule has 2 aliphatic rings. The SMILES string of the molecule is c1cn(CC2CCOC2)c(NC2CC2)n1. The minimum atomic E-state index is 0.666. The Morgan fingerprint density at radius 1 is 1.47 bits per heavy atom. The normalized spacial score (nSPS) is 25.7. The fourth-order valence-electron chi connectivity index (χ4n) is 2.01. The highest BCUT2D eigenvalue weighted by molar-refractivity contribution is 5.29. The van der Waals surface area contributed by atoms with Crippen LogP contribution < -0.4 is 5.32 Å². The summed E-state index contributed by atoms with van der Waals surface area (Å²) in [4.78, 5) is 4.35. The topological polar surface area (TPSA) is 39.1 Å². The van der Waals surface area contributed by atoms with Crippen molar-refractivity contribution in [1.82, 2.24) is 9.55 Å². The fraction of sp³-hybridized carbons (Fsp3) is 0.727. The molecule has 1 N–H and O–H groups in total. The molecular weight excluding hydrogens is 190 g/mol. The number of nitrogens with zero attached hydrogens (tertiary/aromatic N) is 2. The zero-order valence-electron chi connectivity index (χ0n) is 8.85. The van der Waals surface area contributed by atoms with Crippen molar-refractivity contribution in [3.8, 4) is 0 Å². The third-order valence-electron chi connectivity index (χ3n) is 3.10. The van der Waals surface area contributed by atoms with Gasteiger partial charge in [-0.1, -0.05) is 0 Å². The van der Waals surface area contributed by atoms with E-state index in [9.17, 15) is 0 Å². The van der Waals surface area contributed by atoms with Crippen LogP contribution in [0.25, 0.3) is 0 Å². The lowest BCUT2D eigenvalue weighted by Gasteiger charge is -2.12. The maximum Gasteiger partial charge on any atom is 0.202 e. The number of aromatic nitrogens is 2. The highest BCUT2D eigenvalue weighted by Crippen LogP contribution is 2.24. The first-order valence-electron chi connectivity index (χ1n) is 5.77. The van der Waals surface area contributed by atoms with Gasteiger partial charge in [0.15, 0.2) is 0 Å². The monoisotopic (exact) mass is 207 g/mol. The average Bonchev–Trinajstić information content (AvgIpc) is 2.75. The molecule has 1 aliphatic carbocycles. The molecule has 0 amide bonds. The minimum absolute atomic E-state index is 0.666. The van der Waals surface area contributed by atoms with Crippen molar-refractivity contribution in [3.63, 3.8) is 0 Å². The summed E-state index contributed by atoms with van der Waals surface area (Å²) in [7, 11) is 0. The second-order valence-electron chi connectivity index (χ2n) is 4.55. The second kappa shape index (κ2) is 3.85. The van der Waals surface area contributed by atoms with Crippen LogP contribution in [-0.4, -0.2) is 28.8 Å². The lowest BCUT2D eigenvalue weighted by Crippen LogP contribution is -2.14. The van der Waals surface area contributed by atoms with Gasteiger partial charge in [0, 0.05) is 37.5 Å². The van der Waals surface area contributed by atoms with Crippen LogP contribution in [0.5, 0.6) is 0 Å². The van der Waals surface area contributed by atoms with Crippen molar-refractivity contribution in [2.24, 2.45) is 5.92 Å². The van der Waals surface area contributed by atoms with Crippen LogP contribution in [-0.2, 0) is 11.3 Å². The number of hydrogen-bond acceptors (Lipinski definition) is 3. The second-order valence-corrected chi connectivity index (χ2v) is 4.55. The summed E-state index contributed by atoms with van der Waals surface area (Å²) in [6.45, 7) is 2.86. The van der Waals surface area contributed by atoms with Crippen LogP contribution >= 0.6 is 0 Å². The molecule has 82 valence electrons. The van der Waals surface area contributed by atoms with Crippen LogP contribution in [0, 0.1) is 5.92 Å². The van der Waals surface area contributed by atoms with Crippen molar-refractivity contribution in [2.45, 2.75) is 31.8 Å². The number of hydrogen-bond donors (Lipinski definition) is 1. The molecule has 2 fully saturated rings. The lowest BCUT2D eigenvalue weighted by atomic mass is 10.1. The Morgan fingerprint density at radius 3 is 3.13 bits per heavy atom.